The first-order chi connectivity index (χ1) is 13.2. The van der Waals surface area contributed by atoms with Crippen LogP contribution in [0.1, 0.15) is 31.8 Å². The van der Waals surface area contributed by atoms with Crippen LogP contribution in [0.25, 0.3) is 5.57 Å². The lowest BCUT2D eigenvalue weighted by Crippen LogP contribution is -2.40. The van der Waals surface area contributed by atoms with Gasteiger partial charge in [-0.15, -0.1) is 0 Å². The van der Waals surface area contributed by atoms with Crippen molar-refractivity contribution in [3.8, 4) is 23.0 Å². The van der Waals surface area contributed by atoms with Crippen LogP contribution in [0.2, 0.25) is 0 Å². The number of rotatable bonds is 0. The van der Waals surface area contributed by atoms with Gasteiger partial charge in [0.2, 0.25) is 5.79 Å². The zero-order valence-corrected chi connectivity index (χ0v) is 14.1. The third-order valence-electron chi connectivity index (χ3n) is 5.11. The van der Waals surface area contributed by atoms with E-state index in [0.717, 1.165) is 18.2 Å². The van der Waals surface area contributed by atoms with Crippen LogP contribution in [0.4, 0.5) is 0 Å². The van der Waals surface area contributed by atoms with E-state index in [0.29, 0.717) is 0 Å². The molecule has 28 heavy (non-hydrogen) atoms. The second-order valence-electron chi connectivity index (χ2n) is 6.90. The Bertz CT molecular complexity index is 1200. The summed E-state index contributed by atoms with van der Waals surface area (Å²) in [6.45, 7) is 0. The number of phenolic OH excluding ortho intramolecular Hbond substituents is 4. The second kappa shape index (κ2) is 4.93. The lowest BCUT2D eigenvalue weighted by atomic mass is 9.78. The molecule has 140 valence electrons. The maximum atomic E-state index is 13.2. The summed E-state index contributed by atoms with van der Waals surface area (Å²) in [7, 11) is 0. The number of fused-ring (bicyclic) bond motifs is 5. The molecule has 0 amide bonds. The molecule has 0 bridgehead atoms. The lowest BCUT2D eigenvalue weighted by molar-refractivity contribution is -0.130. The molecule has 2 aliphatic carbocycles. The molecule has 2 aromatic carbocycles. The molecule has 0 aromatic heterocycles. The Morgan fingerprint density at radius 2 is 1.54 bits per heavy atom. The van der Waals surface area contributed by atoms with Gasteiger partial charge in [0.1, 0.15) is 28.8 Å². The van der Waals surface area contributed by atoms with Crippen LogP contribution < -0.4 is 0 Å². The molecule has 0 saturated heterocycles. The Morgan fingerprint density at radius 1 is 0.893 bits per heavy atom. The van der Waals surface area contributed by atoms with Gasteiger partial charge in [0, 0.05) is 35.8 Å². The van der Waals surface area contributed by atoms with E-state index in [4.69, 9.17) is 4.74 Å². The van der Waals surface area contributed by atoms with E-state index < -0.39 is 28.9 Å². The Labute approximate surface area is 156 Å². The van der Waals surface area contributed by atoms with Gasteiger partial charge < -0.3 is 30.3 Å². The predicted molar refractivity (Wildman–Crippen MR) is 92.9 cm³/mol. The molecule has 0 fully saturated rings. The normalized spacial score (nSPS) is 22.1. The first-order valence-electron chi connectivity index (χ1n) is 8.28. The number of phenols is 4. The van der Waals surface area contributed by atoms with E-state index in [2.05, 4.69) is 0 Å². The molecule has 5 rings (SSSR count). The van der Waals surface area contributed by atoms with Crippen LogP contribution in [0.15, 0.2) is 41.7 Å². The number of hydrogen-bond donors (Lipinski definition) is 5. The standard InChI is InChI=1S/C20H12O8/c21-8-1-7-6-20(27)18(19(26)15(7)11(23)3-8)17-10-2-9(22)4-12(24)16(10)13(25)5-14(17)28-20/h1-5,21-24,27H,6H2/t20-/m1/s1. The van der Waals surface area contributed by atoms with Gasteiger partial charge in [-0.25, -0.2) is 0 Å². The van der Waals surface area contributed by atoms with Gasteiger partial charge in [0.25, 0.3) is 0 Å². The van der Waals surface area contributed by atoms with Gasteiger partial charge in [-0.2, -0.15) is 0 Å². The van der Waals surface area contributed by atoms with Crippen molar-refractivity contribution in [1.29, 1.82) is 0 Å². The van der Waals surface area contributed by atoms with Crippen molar-refractivity contribution in [2.45, 2.75) is 12.2 Å². The molecule has 1 aliphatic heterocycles. The Balaban J connectivity index is 1.86. The molecule has 0 unspecified atom stereocenters. The number of aromatic hydroxyl groups is 4. The Morgan fingerprint density at radius 3 is 2.25 bits per heavy atom. The number of benzene rings is 2. The van der Waals surface area contributed by atoms with E-state index in [-0.39, 0.29) is 57.1 Å². The summed E-state index contributed by atoms with van der Waals surface area (Å²) in [4.78, 5) is 25.6. The minimum atomic E-state index is -2.13. The van der Waals surface area contributed by atoms with E-state index in [1.165, 1.54) is 12.1 Å². The van der Waals surface area contributed by atoms with Gasteiger partial charge in [-0.05, 0) is 17.7 Å². The zero-order chi connectivity index (χ0) is 20.0. The molecule has 0 saturated carbocycles. The Hall–Kier alpha value is -3.78. The minimum absolute atomic E-state index is 0.0426. The van der Waals surface area contributed by atoms with E-state index in [1.54, 1.807) is 0 Å². The van der Waals surface area contributed by atoms with Gasteiger partial charge in [-0.1, -0.05) is 0 Å². The number of ketones is 2. The molecule has 1 atom stereocenters. The molecule has 2 aromatic rings. The van der Waals surface area contributed by atoms with Crippen LogP contribution in [0.5, 0.6) is 23.0 Å². The van der Waals surface area contributed by atoms with Crippen molar-refractivity contribution >= 4 is 17.1 Å². The number of carbonyl (C=O) groups is 2. The summed E-state index contributed by atoms with van der Waals surface area (Å²) in [5.41, 5.74) is -0.166. The molecular weight excluding hydrogens is 368 g/mol. The predicted octanol–water partition coefficient (Wildman–Crippen LogP) is 1.50. The summed E-state index contributed by atoms with van der Waals surface area (Å²) in [5.74, 6) is -5.13. The van der Waals surface area contributed by atoms with E-state index >= 15 is 0 Å². The minimum Gasteiger partial charge on any atom is -0.508 e. The topological polar surface area (TPSA) is 145 Å². The molecule has 5 N–H and O–H groups in total. The van der Waals surface area contributed by atoms with Crippen molar-refractivity contribution in [2.75, 3.05) is 0 Å². The number of hydrogen-bond acceptors (Lipinski definition) is 8. The first kappa shape index (κ1) is 16.4. The summed E-state index contributed by atoms with van der Waals surface area (Å²) in [5, 5.41) is 50.9. The van der Waals surface area contributed by atoms with E-state index in [9.17, 15) is 35.1 Å². The van der Waals surface area contributed by atoms with Gasteiger partial charge in [0.15, 0.2) is 11.6 Å². The van der Waals surface area contributed by atoms with E-state index in [1.807, 2.05) is 0 Å². The van der Waals surface area contributed by atoms with Crippen LogP contribution >= 0.6 is 0 Å². The highest BCUT2D eigenvalue weighted by molar-refractivity contribution is 6.24. The maximum Gasteiger partial charge on any atom is 0.243 e. The quantitative estimate of drug-likeness (QED) is 0.462. The number of aliphatic hydroxyl groups is 1. The highest BCUT2D eigenvalue weighted by Gasteiger charge is 2.54. The fourth-order valence-electron chi connectivity index (χ4n) is 4.10. The fraction of sp³-hybridized carbons (Fsp3) is 0.100. The average Bonchev–Trinajstić information content (AvgIpc) is 2.85. The summed E-state index contributed by atoms with van der Waals surface area (Å²) < 4.78 is 5.55. The van der Waals surface area contributed by atoms with Crippen LogP contribution in [0, 0.1) is 0 Å². The average molecular weight is 380 g/mol. The highest BCUT2D eigenvalue weighted by atomic mass is 16.6. The summed E-state index contributed by atoms with van der Waals surface area (Å²) >= 11 is 0. The third kappa shape index (κ3) is 1.92. The number of ether oxygens (including phenoxy) is 1. The van der Waals surface area contributed by atoms with Crippen molar-refractivity contribution in [2.24, 2.45) is 0 Å². The molecule has 1 heterocycles. The monoisotopic (exact) mass is 380 g/mol. The maximum absolute atomic E-state index is 13.2. The van der Waals surface area contributed by atoms with Crippen LogP contribution in [0.3, 0.4) is 0 Å². The number of Topliss-reactive ketones (excluding diaryl/α,β-unsaturated/α-hetero) is 1. The third-order valence-corrected chi connectivity index (χ3v) is 5.11. The van der Waals surface area contributed by atoms with Crippen molar-refractivity contribution < 1.29 is 39.9 Å². The first-order valence-corrected chi connectivity index (χ1v) is 8.28. The smallest absolute Gasteiger partial charge is 0.243 e. The van der Waals surface area contributed by atoms with Gasteiger partial charge in [-0.3, -0.25) is 9.59 Å². The molecule has 3 aliphatic rings. The zero-order valence-electron chi connectivity index (χ0n) is 14.1. The second-order valence-corrected chi connectivity index (χ2v) is 6.90. The molecule has 0 radical (unpaired) electrons. The van der Waals surface area contributed by atoms with Crippen molar-refractivity contribution in [3.05, 3.63) is 63.9 Å². The highest BCUT2D eigenvalue weighted by Crippen LogP contribution is 2.53. The van der Waals surface area contributed by atoms with Crippen LogP contribution in [-0.4, -0.2) is 42.9 Å². The number of carbonyl (C=O) groups excluding carboxylic acids is 2. The van der Waals surface area contributed by atoms with Gasteiger partial charge >= 0.3 is 0 Å². The SMILES string of the molecule is O=C1C2=C3C(=CC(=O)c4c(O)cc(O)cc43)O[C@]2(O)Cc2cc(O)cc(O)c21. The van der Waals surface area contributed by atoms with Crippen LogP contribution in [-0.2, 0) is 11.2 Å². The molecule has 8 heteroatoms. The lowest BCUT2D eigenvalue weighted by Gasteiger charge is -2.30. The summed E-state index contributed by atoms with van der Waals surface area (Å²) in [6, 6.07) is 4.43. The Kier molecular flexibility index (Phi) is 2.89. The van der Waals surface area contributed by atoms with Gasteiger partial charge in [0.05, 0.1) is 16.7 Å². The molecular formula is C20H12O8. The number of allylic oxidation sites excluding steroid dienone is 2. The summed E-state index contributed by atoms with van der Waals surface area (Å²) in [6.07, 6.45) is 0.785. The largest absolute Gasteiger partial charge is 0.508 e. The molecule has 0 spiro atoms. The fourth-order valence-corrected chi connectivity index (χ4v) is 4.10. The van der Waals surface area contributed by atoms with Crippen molar-refractivity contribution in [3.63, 3.8) is 0 Å². The van der Waals surface area contributed by atoms with Crippen molar-refractivity contribution in [1.82, 2.24) is 0 Å². The molecule has 8 nitrogen and oxygen atoms in total.